The summed E-state index contributed by atoms with van der Waals surface area (Å²) in [6.45, 7) is 0. The van der Waals surface area contributed by atoms with Crippen molar-refractivity contribution in [3.8, 4) is 0 Å². The third kappa shape index (κ3) is 3.27. The Morgan fingerprint density at radius 2 is 1.75 bits per heavy atom. The Labute approximate surface area is 94.5 Å². The van der Waals surface area contributed by atoms with Crippen LogP contribution >= 0.6 is 11.6 Å². The number of hydrogen-bond acceptors (Lipinski definition) is 2. The second kappa shape index (κ2) is 4.57. The van der Waals surface area contributed by atoms with E-state index in [4.69, 9.17) is 17.3 Å². The summed E-state index contributed by atoms with van der Waals surface area (Å²) in [5.74, 6) is -0.813. The molecule has 1 rings (SSSR count). The third-order valence-electron chi connectivity index (χ3n) is 1.74. The summed E-state index contributed by atoms with van der Waals surface area (Å²) in [6.07, 6.45) is -4.34. The van der Waals surface area contributed by atoms with Gasteiger partial charge in [0, 0.05) is 16.7 Å². The lowest BCUT2D eigenvalue weighted by Crippen LogP contribution is -2.20. The summed E-state index contributed by atoms with van der Waals surface area (Å²) in [7, 11) is 0. The molecule has 2 N–H and O–H groups in total. The van der Waals surface area contributed by atoms with Crippen LogP contribution in [0.2, 0.25) is 5.02 Å². The molecule has 0 radical (unpaired) electrons. The quantitative estimate of drug-likeness (QED) is 0.647. The summed E-state index contributed by atoms with van der Waals surface area (Å²) in [6, 6.07) is 5.47. The van der Waals surface area contributed by atoms with Crippen LogP contribution < -0.4 is 5.73 Å². The number of carbonyl (C=O) groups excluding carboxylic acids is 1. The molecule has 0 bridgehead atoms. The van der Waals surface area contributed by atoms with E-state index in [-0.39, 0.29) is 5.56 Å². The highest BCUT2D eigenvalue weighted by Gasteiger charge is 2.32. The molecule has 86 valence electrons. The second-order valence-electron chi connectivity index (χ2n) is 2.97. The van der Waals surface area contributed by atoms with Gasteiger partial charge in [-0.15, -0.1) is 0 Å². The van der Waals surface area contributed by atoms with Gasteiger partial charge in [-0.1, -0.05) is 11.6 Å². The minimum atomic E-state index is -4.69. The first-order valence-electron chi connectivity index (χ1n) is 4.15. The number of halogens is 4. The molecule has 0 aromatic heterocycles. The van der Waals surface area contributed by atoms with Gasteiger partial charge in [0.2, 0.25) is 0 Å². The van der Waals surface area contributed by atoms with Crippen molar-refractivity contribution in [1.29, 1.82) is 0 Å². The number of carbonyl (C=O) groups is 1. The first kappa shape index (κ1) is 12.6. The average molecular weight is 250 g/mol. The first-order valence-corrected chi connectivity index (χ1v) is 4.53. The Morgan fingerprint density at radius 1 is 1.25 bits per heavy atom. The molecular weight excluding hydrogens is 243 g/mol. The molecule has 0 unspecified atom stereocenters. The smallest absolute Gasteiger partial charge is 0.395 e. The van der Waals surface area contributed by atoms with Crippen molar-refractivity contribution < 1.29 is 18.0 Å². The maximum absolute atomic E-state index is 12.0. The minimum absolute atomic E-state index is 0.0941. The second-order valence-corrected chi connectivity index (χ2v) is 3.41. The Kier molecular flexibility index (Phi) is 3.59. The normalized spacial score (nSPS) is 12.6. The highest BCUT2D eigenvalue weighted by Crippen LogP contribution is 2.21. The predicted octanol–water partition coefficient (Wildman–Crippen LogP) is 2.93. The number of ketones is 1. The van der Waals surface area contributed by atoms with Gasteiger partial charge < -0.3 is 5.73 Å². The van der Waals surface area contributed by atoms with E-state index in [9.17, 15) is 18.0 Å². The van der Waals surface area contributed by atoms with Crippen LogP contribution in [0, 0.1) is 0 Å². The molecule has 16 heavy (non-hydrogen) atoms. The van der Waals surface area contributed by atoms with Crippen LogP contribution in [0.4, 0.5) is 13.2 Å². The van der Waals surface area contributed by atoms with Crippen molar-refractivity contribution in [2.75, 3.05) is 0 Å². The van der Waals surface area contributed by atoms with E-state index in [1.165, 1.54) is 24.3 Å². The molecule has 2 nitrogen and oxygen atoms in total. The molecule has 0 saturated heterocycles. The monoisotopic (exact) mass is 249 g/mol. The summed E-state index contributed by atoms with van der Waals surface area (Å²) in [5.41, 5.74) is 3.38. The Morgan fingerprint density at radius 3 is 2.19 bits per heavy atom. The van der Waals surface area contributed by atoms with E-state index in [0.717, 1.165) is 0 Å². The predicted molar refractivity (Wildman–Crippen MR) is 54.1 cm³/mol. The zero-order valence-corrected chi connectivity index (χ0v) is 8.64. The Hall–Kier alpha value is -1.49. The summed E-state index contributed by atoms with van der Waals surface area (Å²) in [4.78, 5) is 11.3. The first-order chi connectivity index (χ1) is 7.30. The van der Waals surface area contributed by atoms with Gasteiger partial charge in [-0.2, -0.15) is 13.2 Å². The average Bonchev–Trinajstić information content (AvgIpc) is 2.17. The summed E-state index contributed by atoms with van der Waals surface area (Å²) >= 11 is 5.56. The molecule has 1 aromatic rings. The van der Waals surface area contributed by atoms with Gasteiger partial charge in [-0.05, 0) is 24.3 Å². The van der Waals surface area contributed by atoms with Crippen LogP contribution in [0.25, 0.3) is 0 Å². The van der Waals surface area contributed by atoms with Crippen LogP contribution in [-0.2, 0) is 0 Å². The van der Waals surface area contributed by atoms with E-state index >= 15 is 0 Å². The number of nitrogens with two attached hydrogens (primary N) is 1. The van der Waals surface area contributed by atoms with Gasteiger partial charge in [0.1, 0.15) is 5.70 Å². The fourth-order valence-corrected chi connectivity index (χ4v) is 1.05. The van der Waals surface area contributed by atoms with Crippen LogP contribution in [0.15, 0.2) is 36.0 Å². The molecule has 0 aliphatic carbocycles. The number of alkyl halides is 3. The van der Waals surface area contributed by atoms with E-state index in [0.29, 0.717) is 11.1 Å². The molecule has 0 atom stereocenters. The van der Waals surface area contributed by atoms with Crippen molar-refractivity contribution in [1.82, 2.24) is 0 Å². The lowest BCUT2D eigenvalue weighted by molar-refractivity contribution is -0.0927. The topological polar surface area (TPSA) is 43.1 Å². The standard InChI is InChI=1S/C10H7ClF3NO/c11-7-3-1-6(2-4-7)8(16)5-9(15)10(12,13)14/h1-5H,15H2. The van der Waals surface area contributed by atoms with E-state index in [1.54, 1.807) is 0 Å². The largest absolute Gasteiger partial charge is 0.430 e. The molecule has 0 aliphatic heterocycles. The van der Waals surface area contributed by atoms with Gasteiger partial charge in [-0.3, -0.25) is 4.79 Å². The van der Waals surface area contributed by atoms with Crippen molar-refractivity contribution >= 4 is 17.4 Å². The zero-order valence-electron chi connectivity index (χ0n) is 7.88. The van der Waals surface area contributed by atoms with E-state index < -0.39 is 17.7 Å². The molecule has 0 amide bonds. The number of allylic oxidation sites excluding steroid dienone is 2. The van der Waals surface area contributed by atoms with Crippen LogP contribution in [0.1, 0.15) is 10.4 Å². The summed E-state index contributed by atoms with van der Waals surface area (Å²) < 4.78 is 36.1. The molecule has 1 aromatic carbocycles. The highest BCUT2D eigenvalue weighted by atomic mass is 35.5. The zero-order chi connectivity index (χ0) is 12.3. The maximum Gasteiger partial charge on any atom is 0.430 e. The fourth-order valence-electron chi connectivity index (χ4n) is 0.921. The molecule has 0 heterocycles. The Bertz CT molecular complexity index is 423. The summed E-state index contributed by atoms with van der Waals surface area (Å²) in [5, 5.41) is 0.393. The van der Waals surface area contributed by atoms with Crippen molar-refractivity contribution in [3.05, 3.63) is 46.6 Å². The van der Waals surface area contributed by atoms with E-state index in [2.05, 4.69) is 0 Å². The molecule has 0 spiro atoms. The van der Waals surface area contributed by atoms with Crippen LogP contribution in [0.5, 0.6) is 0 Å². The minimum Gasteiger partial charge on any atom is -0.395 e. The van der Waals surface area contributed by atoms with Gasteiger partial charge in [0.05, 0.1) is 0 Å². The number of benzene rings is 1. The van der Waals surface area contributed by atoms with Crippen molar-refractivity contribution in [3.63, 3.8) is 0 Å². The van der Waals surface area contributed by atoms with E-state index in [1.807, 2.05) is 0 Å². The molecule has 0 aliphatic rings. The van der Waals surface area contributed by atoms with Gasteiger partial charge in [0.15, 0.2) is 5.78 Å². The molecular formula is C10H7ClF3NO. The van der Waals surface area contributed by atoms with Gasteiger partial charge in [-0.25, -0.2) is 0 Å². The fraction of sp³-hybridized carbons (Fsp3) is 0.100. The van der Waals surface area contributed by atoms with Crippen molar-refractivity contribution in [2.24, 2.45) is 5.73 Å². The maximum atomic E-state index is 12.0. The molecule has 0 fully saturated rings. The van der Waals surface area contributed by atoms with Crippen LogP contribution in [0.3, 0.4) is 0 Å². The highest BCUT2D eigenvalue weighted by molar-refractivity contribution is 6.30. The van der Waals surface area contributed by atoms with Gasteiger partial charge in [0.25, 0.3) is 0 Å². The van der Waals surface area contributed by atoms with Crippen LogP contribution in [-0.4, -0.2) is 12.0 Å². The SMILES string of the molecule is NC(=CC(=O)c1ccc(Cl)cc1)C(F)(F)F. The van der Waals surface area contributed by atoms with Gasteiger partial charge >= 0.3 is 6.18 Å². The number of rotatable bonds is 2. The lowest BCUT2D eigenvalue weighted by Gasteiger charge is -2.05. The third-order valence-corrected chi connectivity index (χ3v) is 1.99. The number of hydrogen-bond donors (Lipinski definition) is 1. The Balaban J connectivity index is 2.92. The molecule has 0 saturated carbocycles. The van der Waals surface area contributed by atoms with Crippen molar-refractivity contribution in [2.45, 2.75) is 6.18 Å². The lowest BCUT2D eigenvalue weighted by atomic mass is 10.1. The molecule has 6 heteroatoms.